The van der Waals surface area contributed by atoms with Crippen molar-refractivity contribution in [2.75, 3.05) is 13.2 Å². The van der Waals surface area contributed by atoms with Crippen molar-refractivity contribution in [3.8, 4) is 0 Å². The van der Waals surface area contributed by atoms with Gasteiger partial charge in [0, 0.05) is 6.42 Å². The van der Waals surface area contributed by atoms with Gasteiger partial charge in [-0.1, -0.05) is 201 Å². The molecule has 0 aromatic heterocycles. The molecule has 11 heteroatoms. The van der Waals surface area contributed by atoms with Crippen molar-refractivity contribution in [2.24, 2.45) is 0 Å². The van der Waals surface area contributed by atoms with E-state index in [2.05, 4.69) is 68.6 Å². The van der Waals surface area contributed by atoms with Crippen LogP contribution in [-0.4, -0.2) is 99.6 Å². The van der Waals surface area contributed by atoms with E-state index in [-0.39, 0.29) is 19.4 Å². The second kappa shape index (κ2) is 44.8. The van der Waals surface area contributed by atoms with Crippen LogP contribution in [0.4, 0.5) is 0 Å². The first-order valence-electron chi connectivity index (χ1n) is 26.6. The zero-order valence-corrected chi connectivity index (χ0v) is 42.4. The van der Waals surface area contributed by atoms with Crippen LogP contribution in [0.25, 0.3) is 0 Å². The highest BCUT2D eigenvalue weighted by atomic mass is 16.7. The zero-order valence-electron chi connectivity index (χ0n) is 42.4. The Morgan fingerprint density at radius 2 is 1.13 bits per heavy atom. The summed E-state index contributed by atoms with van der Waals surface area (Å²) in [5.41, 5.74) is 0. The molecule has 8 atom stereocenters. The molecular formula is C57H95NO10. The van der Waals surface area contributed by atoms with Crippen LogP contribution in [0, 0.1) is 0 Å². The number of nitrogens with one attached hydrogen (secondary N) is 1. The molecule has 1 amide bonds. The third kappa shape index (κ3) is 33.2. The number of unbranched alkanes of at least 4 members (excludes halogenated alkanes) is 17. The largest absolute Gasteiger partial charge is 0.454 e. The van der Waals surface area contributed by atoms with Crippen LogP contribution in [0.2, 0.25) is 0 Å². The Morgan fingerprint density at radius 3 is 1.76 bits per heavy atom. The van der Waals surface area contributed by atoms with E-state index in [9.17, 15) is 35.1 Å². The van der Waals surface area contributed by atoms with Crippen LogP contribution in [-0.2, 0) is 23.8 Å². The highest BCUT2D eigenvalue weighted by molar-refractivity contribution is 5.80. The van der Waals surface area contributed by atoms with Gasteiger partial charge in [-0.15, -0.1) is 0 Å². The fourth-order valence-corrected chi connectivity index (χ4v) is 7.61. The lowest BCUT2D eigenvalue weighted by molar-refractivity contribution is -0.305. The van der Waals surface area contributed by atoms with Crippen molar-refractivity contribution in [2.45, 2.75) is 237 Å². The lowest BCUT2D eigenvalue weighted by Crippen LogP contribution is -2.61. The lowest BCUT2D eigenvalue weighted by atomic mass is 9.99. The van der Waals surface area contributed by atoms with Gasteiger partial charge in [0.2, 0.25) is 5.91 Å². The van der Waals surface area contributed by atoms with Gasteiger partial charge in [-0.05, 0) is 77.0 Å². The van der Waals surface area contributed by atoms with Crippen LogP contribution in [0.15, 0.2) is 97.2 Å². The molecule has 6 N–H and O–H groups in total. The molecule has 1 aliphatic rings. The van der Waals surface area contributed by atoms with Crippen molar-refractivity contribution in [3.63, 3.8) is 0 Å². The van der Waals surface area contributed by atoms with Gasteiger partial charge in [0.1, 0.15) is 24.4 Å². The second-order valence-electron chi connectivity index (χ2n) is 17.9. The van der Waals surface area contributed by atoms with Crippen molar-refractivity contribution in [1.29, 1.82) is 0 Å². The Kier molecular flexibility index (Phi) is 41.2. The Balaban J connectivity index is 2.83. The van der Waals surface area contributed by atoms with Crippen molar-refractivity contribution in [1.82, 2.24) is 5.32 Å². The molecule has 1 aliphatic heterocycles. The average Bonchev–Trinajstić information content (AvgIpc) is 3.33. The topological polar surface area (TPSA) is 175 Å². The number of ether oxygens (including phenoxy) is 3. The van der Waals surface area contributed by atoms with Crippen LogP contribution >= 0.6 is 0 Å². The zero-order chi connectivity index (χ0) is 49.7. The van der Waals surface area contributed by atoms with E-state index in [1.165, 1.54) is 51.4 Å². The van der Waals surface area contributed by atoms with Gasteiger partial charge >= 0.3 is 5.97 Å². The summed E-state index contributed by atoms with van der Waals surface area (Å²) in [6.07, 6.45) is 47.5. The molecule has 68 heavy (non-hydrogen) atoms. The second-order valence-corrected chi connectivity index (χ2v) is 17.9. The molecule has 0 bridgehead atoms. The number of amides is 1. The number of hydrogen-bond acceptors (Lipinski definition) is 10. The summed E-state index contributed by atoms with van der Waals surface area (Å²) in [4.78, 5) is 26.3. The van der Waals surface area contributed by atoms with Crippen molar-refractivity contribution in [3.05, 3.63) is 97.2 Å². The monoisotopic (exact) mass is 954 g/mol. The van der Waals surface area contributed by atoms with Gasteiger partial charge in [-0.3, -0.25) is 9.59 Å². The van der Waals surface area contributed by atoms with Gasteiger partial charge in [-0.2, -0.15) is 0 Å². The third-order valence-electron chi connectivity index (χ3n) is 11.8. The number of carbonyl (C=O) groups excluding carboxylic acids is 2. The van der Waals surface area contributed by atoms with E-state index in [1.807, 2.05) is 48.6 Å². The van der Waals surface area contributed by atoms with Crippen molar-refractivity contribution >= 4 is 11.9 Å². The maximum atomic E-state index is 13.3. The molecule has 0 aromatic carbocycles. The van der Waals surface area contributed by atoms with Crippen LogP contribution in [0.5, 0.6) is 0 Å². The smallest absolute Gasteiger partial charge is 0.306 e. The predicted molar refractivity (Wildman–Crippen MR) is 278 cm³/mol. The SMILES string of the molecule is CC/C=C/C=C/C=C\C=C/CCCCC(O)C(=O)NC(COC1OC(CO)C(O)C(O)C1OC(=O)CCCCCC/C=C/C/C=C/C/C=C/CC)C(O)/C=C/CCCCCCCCCCCCC. The van der Waals surface area contributed by atoms with Crippen LogP contribution < -0.4 is 5.32 Å². The summed E-state index contributed by atoms with van der Waals surface area (Å²) in [5, 5.41) is 56.6. The Hall–Kier alpha value is -3.42. The Labute approximate surface area is 412 Å². The summed E-state index contributed by atoms with van der Waals surface area (Å²) in [7, 11) is 0. The van der Waals surface area contributed by atoms with E-state index in [0.29, 0.717) is 12.8 Å². The molecule has 0 saturated carbocycles. The number of rotatable bonds is 42. The van der Waals surface area contributed by atoms with E-state index >= 15 is 0 Å². The molecule has 1 rings (SSSR count). The fourth-order valence-electron chi connectivity index (χ4n) is 7.61. The number of aliphatic hydroxyl groups excluding tert-OH is 5. The van der Waals surface area contributed by atoms with E-state index in [1.54, 1.807) is 6.08 Å². The Bertz CT molecular complexity index is 1470. The normalized spacial score (nSPS) is 20.7. The predicted octanol–water partition coefficient (Wildman–Crippen LogP) is 11.2. The molecule has 0 aromatic rings. The first-order valence-corrected chi connectivity index (χ1v) is 26.6. The summed E-state index contributed by atoms with van der Waals surface area (Å²) in [6, 6.07) is -1.05. The number of hydrogen-bond donors (Lipinski definition) is 6. The first-order chi connectivity index (χ1) is 33.2. The maximum Gasteiger partial charge on any atom is 0.306 e. The molecule has 11 nitrogen and oxygen atoms in total. The molecule has 1 heterocycles. The minimum absolute atomic E-state index is 0.0872. The summed E-state index contributed by atoms with van der Waals surface area (Å²) in [6.45, 7) is 5.45. The minimum Gasteiger partial charge on any atom is -0.454 e. The molecule has 0 aliphatic carbocycles. The highest BCUT2D eigenvalue weighted by Gasteiger charge is 2.47. The Morgan fingerprint density at radius 1 is 0.603 bits per heavy atom. The molecule has 8 unspecified atom stereocenters. The van der Waals surface area contributed by atoms with Crippen molar-refractivity contribution < 1.29 is 49.3 Å². The standard InChI is InChI=1S/C57H95NO10/c1-4-7-10-13-16-19-22-25-27-30-33-36-39-42-45-52(62)68-55-54(64)53(63)51(46-59)67-57(55)66-47-48(49(60)43-40-37-34-31-29-26-23-20-17-14-11-8-5-2)58-56(65)50(61)44-41-38-35-32-28-24-21-18-15-12-9-6-3/h7,9-10,12,15-16,18-19,21,24-25,27-28,32,40,43,48-51,53-55,57,59-61,63-64H,4-6,8,11,13-14,17,20,22-23,26,29-31,33-39,41-42,44-47H2,1-3H3,(H,58,65)/b10-7+,12-9+,18-15+,19-16+,24-21-,27-25+,32-28-,43-40+. The number of carbonyl (C=O) groups is 2. The maximum absolute atomic E-state index is 13.3. The van der Waals surface area contributed by atoms with E-state index < -0.39 is 67.4 Å². The number of esters is 1. The van der Waals surface area contributed by atoms with E-state index in [0.717, 1.165) is 89.9 Å². The molecule has 1 fully saturated rings. The molecule has 0 spiro atoms. The first kappa shape index (κ1) is 62.6. The van der Waals surface area contributed by atoms with Gasteiger partial charge in [0.25, 0.3) is 0 Å². The van der Waals surface area contributed by atoms with Crippen LogP contribution in [0.1, 0.15) is 188 Å². The molecule has 388 valence electrons. The quantitative estimate of drug-likeness (QED) is 0.0150. The molecule has 1 saturated heterocycles. The van der Waals surface area contributed by atoms with E-state index in [4.69, 9.17) is 14.2 Å². The van der Waals surface area contributed by atoms with Gasteiger partial charge in [0.05, 0.1) is 25.4 Å². The van der Waals surface area contributed by atoms with Gasteiger partial charge < -0.3 is 45.1 Å². The lowest BCUT2D eigenvalue weighted by Gasteiger charge is -2.41. The summed E-state index contributed by atoms with van der Waals surface area (Å²) < 4.78 is 17.5. The highest BCUT2D eigenvalue weighted by Crippen LogP contribution is 2.26. The summed E-state index contributed by atoms with van der Waals surface area (Å²) >= 11 is 0. The minimum atomic E-state index is -1.63. The third-order valence-corrected chi connectivity index (χ3v) is 11.8. The molecular weight excluding hydrogens is 859 g/mol. The molecule has 0 radical (unpaired) electrons. The van der Waals surface area contributed by atoms with Gasteiger partial charge in [-0.25, -0.2) is 0 Å². The fraction of sp³-hybridized carbons (Fsp3) is 0.684. The summed E-state index contributed by atoms with van der Waals surface area (Å²) in [5.74, 6) is -1.27. The van der Waals surface area contributed by atoms with Crippen LogP contribution in [0.3, 0.4) is 0 Å². The number of aliphatic hydroxyl groups is 5. The average molecular weight is 954 g/mol. The number of allylic oxidation sites excluding steroid dienone is 15. The van der Waals surface area contributed by atoms with Gasteiger partial charge in [0.15, 0.2) is 12.4 Å².